The van der Waals surface area contributed by atoms with Crippen molar-refractivity contribution in [2.75, 3.05) is 10.0 Å². The molecule has 0 unspecified atom stereocenters. The van der Waals surface area contributed by atoms with Gasteiger partial charge in [0.25, 0.3) is 0 Å². The minimum atomic E-state index is -3.50. The fraction of sp³-hybridized carbons (Fsp3) is 0.375. The van der Waals surface area contributed by atoms with E-state index in [0.717, 1.165) is 5.56 Å². The van der Waals surface area contributed by atoms with Crippen molar-refractivity contribution in [1.29, 1.82) is 0 Å². The van der Waals surface area contributed by atoms with Gasteiger partial charge in [-0.05, 0) is 58.7 Å². The topological polar surface area (TPSA) is 136 Å². The largest absolute Gasteiger partial charge is 0.474 e. The average molecular weight is 497 g/mol. The lowest BCUT2D eigenvalue weighted by atomic mass is 9.88. The molecule has 3 aromatic rings. The van der Waals surface area contributed by atoms with E-state index in [2.05, 4.69) is 30.0 Å². The normalized spacial score (nSPS) is 14.0. The van der Waals surface area contributed by atoms with Gasteiger partial charge in [0.15, 0.2) is 0 Å². The zero-order valence-corrected chi connectivity index (χ0v) is 20.8. The molecule has 10 nitrogen and oxygen atoms in total. The van der Waals surface area contributed by atoms with Crippen molar-refractivity contribution in [3.63, 3.8) is 0 Å². The van der Waals surface area contributed by atoms with Crippen LogP contribution in [0.1, 0.15) is 46.2 Å². The summed E-state index contributed by atoms with van der Waals surface area (Å²) < 4.78 is 32.4. The lowest BCUT2D eigenvalue weighted by molar-refractivity contribution is -0.120. The summed E-state index contributed by atoms with van der Waals surface area (Å²) in [5.41, 5.74) is 1.43. The fourth-order valence-corrected chi connectivity index (χ4v) is 4.53. The van der Waals surface area contributed by atoms with Crippen LogP contribution in [0, 0.1) is 0 Å². The Hall–Kier alpha value is -3.60. The lowest BCUT2D eigenvalue weighted by Crippen LogP contribution is -2.36. The van der Waals surface area contributed by atoms with Crippen molar-refractivity contribution in [2.24, 2.45) is 0 Å². The Kier molecular flexibility index (Phi) is 6.70. The summed E-state index contributed by atoms with van der Waals surface area (Å²) >= 11 is 0. The van der Waals surface area contributed by atoms with Crippen molar-refractivity contribution >= 4 is 27.6 Å². The molecule has 0 bridgehead atoms. The second-order valence-electron chi connectivity index (χ2n) is 9.18. The Morgan fingerprint density at radius 3 is 2.46 bits per heavy atom. The molecule has 0 radical (unpaired) electrons. The summed E-state index contributed by atoms with van der Waals surface area (Å²) in [6.07, 6.45) is 5.90. The number of aromatic nitrogens is 4. The van der Waals surface area contributed by atoms with Crippen LogP contribution in [0.25, 0.3) is 11.3 Å². The summed E-state index contributed by atoms with van der Waals surface area (Å²) in [6.45, 7) is 7.27. The average Bonchev–Trinajstić information content (AvgIpc) is 3.66. The first kappa shape index (κ1) is 24.5. The molecule has 0 spiro atoms. The van der Waals surface area contributed by atoms with E-state index in [9.17, 15) is 13.2 Å². The lowest BCUT2D eigenvalue weighted by Gasteiger charge is -2.23. The minimum absolute atomic E-state index is 0.00941. The Morgan fingerprint density at radius 2 is 1.80 bits per heavy atom. The highest BCUT2D eigenvalue weighted by Crippen LogP contribution is 2.30. The molecule has 1 saturated carbocycles. The zero-order chi connectivity index (χ0) is 25.2. The number of sulfonamides is 1. The van der Waals surface area contributed by atoms with Gasteiger partial charge in [0.05, 0.1) is 40.6 Å². The van der Waals surface area contributed by atoms with Crippen LogP contribution in [0.15, 0.2) is 48.9 Å². The van der Waals surface area contributed by atoms with E-state index < -0.39 is 20.7 Å². The number of nitrogens with zero attached hydrogens (tertiary/aromatic N) is 4. The highest BCUT2D eigenvalue weighted by Gasteiger charge is 2.37. The van der Waals surface area contributed by atoms with E-state index in [1.54, 1.807) is 44.4 Å². The Balaban J connectivity index is 1.46. The first-order valence-corrected chi connectivity index (χ1v) is 12.8. The van der Waals surface area contributed by atoms with Crippen LogP contribution in [0.2, 0.25) is 0 Å². The van der Waals surface area contributed by atoms with Gasteiger partial charge in [-0.15, -0.1) is 0 Å². The maximum atomic E-state index is 13.1. The second-order valence-corrected chi connectivity index (χ2v) is 11.1. The molecule has 1 aliphatic rings. The molecule has 11 heteroatoms. The predicted octanol–water partition coefficient (Wildman–Crippen LogP) is 3.54. The maximum absolute atomic E-state index is 13.1. The molecule has 0 aliphatic heterocycles. The molecule has 1 aliphatic carbocycles. The van der Waals surface area contributed by atoms with Gasteiger partial charge in [-0.1, -0.05) is 12.1 Å². The number of carbonyl (C=O) groups excluding carboxylic acids is 1. The summed E-state index contributed by atoms with van der Waals surface area (Å²) in [4.78, 5) is 30.0. The molecule has 4 rings (SSSR count). The van der Waals surface area contributed by atoms with E-state index in [0.29, 0.717) is 35.8 Å². The number of anilines is 2. The molecule has 35 heavy (non-hydrogen) atoms. The quantitative estimate of drug-likeness (QED) is 0.459. The molecule has 1 aromatic carbocycles. The number of benzene rings is 1. The predicted molar refractivity (Wildman–Crippen MR) is 132 cm³/mol. The van der Waals surface area contributed by atoms with Crippen LogP contribution in [0.4, 0.5) is 11.6 Å². The number of rotatable bonds is 9. The van der Waals surface area contributed by atoms with Gasteiger partial charge in [0.1, 0.15) is 0 Å². The van der Waals surface area contributed by atoms with Crippen LogP contribution < -0.4 is 14.8 Å². The van der Waals surface area contributed by atoms with Gasteiger partial charge in [-0.25, -0.2) is 23.4 Å². The third-order valence-electron chi connectivity index (χ3n) is 5.47. The van der Waals surface area contributed by atoms with Crippen molar-refractivity contribution < 1.29 is 17.9 Å². The molecule has 0 saturated heterocycles. The first-order valence-electron chi connectivity index (χ1n) is 11.3. The number of carbonyl (C=O) groups is 1. The van der Waals surface area contributed by atoms with Gasteiger partial charge in [-0.2, -0.15) is 0 Å². The monoisotopic (exact) mass is 496 g/mol. The Labute approximate surface area is 204 Å². The van der Waals surface area contributed by atoms with Crippen LogP contribution in [-0.4, -0.2) is 45.6 Å². The maximum Gasteiger partial charge on any atom is 0.237 e. The van der Waals surface area contributed by atoms with Gasteiger partial charge < -0.3 is 10.1 Å². The van der Waals surface area contributed by atoms with Gasteiger partial charge >= 0.3 is 0 Å². The van der Waals surface area contributed by atoms with Crippen molar-refractivity contribution in [3.05, 3.63) is 54.6 Å². The van der Waals surface area contributed by atoms with Gasteiger partial charge in [-0.3, -0.25) is 14.5 Å². The van der Waals surface area contributed by atoms with E-state index in [1.807, 2.05) is 26.0 Å². The van der Waals surface area contributed by atoms with Crippen molar-refractivity contribution in [2.45, 2.75) is 57.3 Å². The molecule has 184 valence electrons. The summed E-state index contributed by atoms with van der Waals surface area (Å²) in [6, 6.07) is 8.82. The van der Waals surface area contributed by atoms with Gasteiger partial charge in [0.2, 0.25) is 27.8 Å². The SMILES string of the molecule is CC(C)Oc1cncc(-c2ccc(NC(=O)C(C)(C)c3ccnc(NS(=O)(=O)C4CC4)n3)cc2)n1. The third kappa shape index (κ3) is 5.91. The van der Waals surface area contributed by atoms with E-state index in [1.165, 1.54) is 6.20 Å². The molecule has 0 atom stereocenters. The van der Waals surface area contributed by atoms with Gasteiger partial charge in [0, 0.05) is 17.4 Å². The van der Waals surface area contributed by atoms with Crippen LogP contribution in [0.3, 0.4) is 0 Å². The molecular weight excluding hydrogens is 468 g/mol. The van der Waals surface area contributed by atoms with Crippen molar-refractivity contribution in [3.8, 4) is 17.1 Å². The summed E-state index contributed by atoms with van der Waals surface area (Å²) in [5.74, 6) is 0.108. The smallest absolute Gasteiger partial charge is 0.237 e. The third-order valence-corrected chi connectivity index (χ3v) is 7.28. The fourth-order valence-electron chi connectivity index (χ4n) is 3.26. The summed E-state index contributed by atoms with van der Waals surface area (Å²) in [7, 11) is -3.50. The first-order chi connectivity index (χ1) is 16.5. The summed E-state index contributed by atoms with van der Waals surface area (Å²) in [5, 5.41) is 2.50. The highest BCUT2D eigenvalue weighted by molar-refractivity contribution is 7.93. The second kappa shape index (κ2) is 9.57. The molecule has 1 amide bonds. The van der Waals surface area contributed by atoms with E-state index in [4.69, 9.17) is 4.74 Å². The number of hydrogen-bond donors (Lipinski definition) is 2. The van der Waals surface area contributed by atoms with E-state index in [-0.39, 0.29) is 18.0 Å². The van der Waals surface area contributed by atoms with Crippen LogP contribution in [-0.2, 0) is 20.2 Å². The highest BCUT2D eigenvalue weighted by atomic mass is 32.2. The van der Waals surface area contributed by atoms with E-state index >= 15 is 0 Å². The number of nitrogens with one attached hydrogen (secondary N) is 2. The molecule has 2 heterocycles. The van der Waals surface area contributed by atoms with Crippen molar-refractivity contribution in [1.82, 2.24) is 19.9 Å². The molecule has 1 fully saturated rings. The molecular formula is C24H28N6O4S. The number of ether oxygens (including phenoxy) is 1. The Morgan fingerprint density at radius 1 is 1.09 bits per heavy atom. The molecule has 2 aromatic heterocycles. The molecule has 2 N–H and O–H groups in total. The van der Waals surface area contributed by atoms with Crippen LogP contribution >= 0.6 is 0 Å². The zero-order valence-electron chi connectivity index (χ0n) is 20.0. The Bertz CT molecular complexity index is 1320. The standard InChI is InChI=1S/C24H28N6O4S/c1-15(2)34-21-14-25-13-19(28-21)16-5-7-17(8-6-16)27-22(31)24(3,4)20-11-12-26-23(29-20)30-35(32,33)18-9-10-18/h5-8,11-15,18H,9-10H2,1-4H3,(H,27,31)(H,26,29,30). The minimum Gasteiger partial charge on any atom is -0.474 e. The number of amides is 1. The number of hydrogen-bond acceptors (Lipinski definition) is 8. The van der Waals surface area contributed by atoms with Crippen LogP contribution in [0.5, 0.6) is 5.88 Å².